The van der Waals surface area contributed by atoms with Crippen molar-refractivity contribution in [3.8, 4) is 0 Å². The van der Waals surface area contributed by atoms with Gasteiger partial charge in [-0.1, -0.05) is 12.1 Å². The normalized spacial score (nSPS) is 15.3. The quantitative estimate of drug-likeness (QED) is 0.871. The van der Waals surface area contributed by atoms with Gasteiger partial charge < -0.3 is 10.6 Å². The number of hydrogen-bond acceptors (Lipinski definition) is 3. The van der Waals surface area contributed by atoms with Gasteiger partial charge in [0, 0.05) is 39.1 Å². The van der Waals surface area contributed by atoms with Crippen LogP contribution in [0, 0.1) is 5.82 Å². The van der Waals surface area contributed by atoms with E-state index in [1.54, 1.807) is 0 Å². The first-order valence-electron chi connectivity index (χ1n) is 7.63. The van der Waals surface area contributed by atoms with Crippen molar-refractivity contribution in [2.75, 3.05) is 32.7 Å². The van der Waals surface area contributed by atoms with Crippen LogP contribution in [0.25, 0.3) is 0 Å². The van der Waals surface area contributed by atoms with Gasteiger partial charge in [-0.15, -0.1) is 24.8 Å². The number of nitrogens with zero attached hydrogens (tertiary/aromatic N) is 2. The topological polar surface area (TPSA) is 49.6 Å². The molecule has 4 nitrogen and oxygen atoms in total. The standard InChI is InChI=1S/C16H24FN3O.2ClH/c17-15-6-4-14(5-7-15)13-19-9-2-10-20(12-11-19)16(21)3-1-8-18;;/h4-7H,1-3,8-13,18H2;2*1H. The molecule has 1 aromatic carbocycles. The van der Waals surface area contributed by atoms with Crippen LogP contribution in [-0.2, 0) is 11.3 Å². The largest absolute Gasteiger partial charge is 0.341 e. The van der Waals surface area contributed by atoms with Gasteiger partial charge in [-0.3, -0.25) is 9.69 Å². The zero-order valence-corrected chi connectivity index (χ0v) is 14.9. The summed E-state index contributed by atoms with van der Waals surface area (Å²) in [6, 6.07) is 6.64. The molecule has 1 aliphatic heterocycles. The maximum Gasteiger partial charge on any atom is 0.222 e. The van der Waals surface area contributed by atoms with E-state index < -0.39 is 0 Å². The number of carbonyl (C=O) groups is 1. The third-order valence-corrected chi connectivity index (χ3v) is 3.86. The average Bonchev–Trinajstić information content (AvgIpc) is 2.73. The van der Waals surface area contributed by atoms with Crippen molar-refractivity contribution in [2.24, 2.45) is 5.73 Å². The molecule has 0 aliphatic carbocycles. The Kier molecular flexibility index (Phi) is 11.2. The summed E-state index contributed by atoms with van der Waals surface area (Å²) in [6.07, 6.45) is 2.29. The molecule has 0 atom stereocenters. The minimum absolute atomic E-state index is 0. The molecule has 7 heteroatoms. The minimum atomic E-state index is -0.203. The highest BCUT2D eigenvalue weighted by Gasteiger charge is 2.18. The molecule has 132 valence electrons. The minimum Gasteiger partial charge on any atom is -0.341 e. The van der Waals surface area contributed by atoms with E-state index in [1.165, 1.54) is 12.1 Å². The van der Waals surface area contributed by atoms with Gasteiger partial charge in [0.25, 0.3) is 0 Å². The molecular weight excluding hydrogens is 340 g/mol. The molecule has 0 bridgehead atoms. The van der Waals surface area contributed by atoms with Crippen molar-refractivity contribution < 1.29 is 9.18 Å². The number of carbonyl (C=O) groups excluding carboxylic acids is 1. The van der Waals surface area contributed by atoms with Gasteiger partial charge in [-0.05, 0) is 37.1 Å². The first-order chi connectivity index (χ1) is 10.2. The van der Waals surface area contributed by atoms with Crippen LogP contribution < -0.4 is 5.73 Å². The van der Waals surface area contributed by atoms with Crippen molar-refractivity contribution >= 4 is 30.7 Å². The fourth-order valence-electron chi connectivity index (χ4n) is 2.64. The molecule has 2 N–H and O–H groups in total. The Labute approximate surface area is 150 Å². The highest BCUT2D eigenvalue weighted by molar-refractivity contribution is 5.85. The monoisotopic (exact) mass is 365 g/mol. The molecule has 23 heavy (non-hydrogen) atoms. The van der Waals surface area contributed by atoms with Gasteiger partial charge >= 0.3 is 0 Å². The van der Waals surface area contributed by atoms with Crippen molar-refractivity contribution in [2.45, 2.75) is 25.8 Å². The van der Waals surface area contributed by atoms with E-state index in [9.17, 15) is 9.18 Å². The van der Waals surface area contributed by atoms with Gasteiger partial charge in [0.1, 0.15) is 5.82 Å². The van der Waals surface area contributed by atoms with E-state index in [0.717, 1.165) is 51.1 Å². The van der Waals surface area contributed by atoms with Crippen LogP contribution >= 0.6 is 24.8 Å². The molecule has 0 aromatic heterocycles. The zero-order chi connectivity index (χ0) is 15.1. The molecule has 1 aromatic rings. The highest BCUT2D eigenvalue weighted by Crippen LogP contribution is 2.11. The molecule has 1 amide bonds. The summed E-state index contributed by atoms with van der Waals surface area (Å²) in [5.74, 6) is 0.00961. The van der Waals surface area contributed by atoms with Gasteiger partial charge in [0.05, 0.1) is 0 Å². The molecule has 1 aliphatic rings. The van der Waals surface area contributed by atoms with E-state index in [-0.39, 0.29) is 36.5 Å². The smallest absolute Gasteiger partial charge is 0.222 e. The summed E-state index contributed by atoms with van der Waals surface area (Å²) >= 11 is 0. The summed E-state index contributed by atoms with van der Waals surface area (Å²) in [4.78, 5) is 16.3. The Bertz CT molecular complexity index is 459. The van der Waals surface area contributed by atoms with E-state index in [4.69, 9.17) is 5.73 Å². The first-order valence-corrected chi connectivity index (χ1v) is 7.63. The van der Waals surface area contributed by atoms with E-state index in [1.807, 2.05) is 17.0 Å². The second kappa shape index (κ2) is 11.6. The Hall–Kier alpha value is -0.880. The SMILES string of the molecule is Cl.Cl.NCCCC(=O)N1CCCN(Cc2ccc(F)cc2)CC1. The van der Waals surface area contributed by atoms with Crippen LogP contribution in [0.1, 0.15) is 24.8 Å². The van der Waals surface area contributed by atoms with Gasteiger partial charge in [-0.25, -0.2) is 4.39 Å². The lowest BCUT2D eigenvalue weighted by Crippen LogP contribution is -2.35. The van der Waals surface area contributed by atoms with E-state index in [0.29, 0.717) is 13.0 Å². The molecule has 0 unspecified atom stereocenters. The summed E-state index contributed by atoms with van der Waals surface area (Å²) in [6.45, 7) is 4.80. The lowest BCUT2D eigenvalue weighted by Gasteiger charge is -2.22. The molecule has 1 heterocycles. The van der Waals surface area contributed by atoms with Crippen molar-refractivity contribution in [1.29, 1.82) is 0 Å². The second-order valence-electron chi connectivity index (χ2n) is 5.53. The van der Waals surface area contributed by atoms with Crippen LogP contribution in [0.3, 0.4) is 0 Å². The molecule has 1 fully saturated rings. The van der Waals surface area contributed by atoms with Crippen LogP contribution in [-0.4, -0.2) is 48.4 Å². The van der Waals surface area contributed by atoms with Crippen molar-refractivity contribution in [1.82, 2.24) is 9.80 Å². The molecule has 0 spiro atoms. The Morgan fingerprint density at radius 3 is 2.43 bits per heavy atom. The fourth-order valence-corrected chi connectivity index (χ4v) is 2.64. The summed E-state index contributed by atoms with van der Waals surface area (Å²) < 4.78 is 12.9. The lowest BCUT2D eigenvalue weighted by molar-refractivity contribution is -0.131. The van der Waals surface area contributed by atoms with Gasteiger partial charge in [0.2, 0.25) is 5.91 Å². The molecule has 1 saturated heterocycles. The predicted molar refractivity (Wildman–Crippen MR) is 95.7 cm³/mol. The summed E-state index contributed by atoms with van der Waals surface area (Å²) in [5, 5.41) is 0. The number of nitrogens with two attached hydrogens (primary N) is 1. The van der Waals surface area contributed by atoms with E-state index >= 15 is 0 Å². The number of amides is 1. The number of halogens is 3. The van der Waals surface area contributed by atoms with E-state index in [2.05, 4.69) is 4.90 Å². The van der Waals surface area contributed by atoms with Crippen LogP contribution in [0.5, 0.6) is 0 Å². The molecule has 2 rings (SSSR count). The Balaban J connectivity index is 0.00000242. The third kappa shape index (κ3) is 7.48. The average molecular weight is 366 g/mol. The number of rotatable bonds is 5. The fraction of sp³-hybridized carbons (Fsp3) is 0.562. The second-order valence-corrected chi connectivity index (χ2v) is 5.53. The third-order valence-electron chi connectivity index (χ3n) is 3.86. The van der Waals surface area contributed by atoms with Gasteiger partial charge in [0.15, 0.2) is 0 Å². The summed E-state index contributed by atoms with van der Waals surface area (Å²) in [7, 11) is 0. The van der Waals surface area contributed by atoms with Crippen molar-refractivity contribution in [3.05, 3.63) is 35.6 Å². The van der Waals surface area contributed by atoms with Crippen LogP contribution in [0.2, 0.25) is 0 Å². The van der Waals surface area contributed by atoms with Gasteiger partial charge in [-0.2, -0.15) is 0 Å². The zero-order valence-electron chi connectivity index (χ0n) is 13.2. The molecule has 0 radical (unpaired) electrons. The maximum absolute atomic E-state index is 12.9. The highest BCUT2D eigenvalue weighted by atomic mass is 35.5. The number of hydrogen-bond donors (Lipinski definition) is 1. The van der Waals surface area contributed by atoms with Crippen molar-refractivity contribution in [3.63, 3.8) is 0 Å². The molecule has 0 saturated carbocycles. The van der Waals surface area contributed by atoms with Crippen LogP contribution in [0.4, 0.5) is 4.39 Å². The molecular formula is C16H26Cl2FN3O. The summed E-state index contributed by atoms with van der Waals surface area (Å²) in [5.41, 5.74) is 6.56. The lowest BCUT2D eigenvalue weighted by atomic mass is 10.2. The first kappa shape index (κ1) is 22.1. The Morgan fingerprint density at radius 2 is 1.78 bits per heavy atom. The Morgan fingerprint density at radius 1 is 1.09 bits per heavy atom. The maximum atomic E-state index is 12.9. The van der Waals surface area contributed by atoms with Crippen LogP contribution in [0.15, 0.2) is 24.3 Å². The predicted octanol–water partition coefficient (Wildman–Crippen LogP) is 2.44. The number of benzene rings is 1.